The maximum Gasteiger partial charge on any atom is 0.255 e. The van der Waals surface area contributed by atoms with Gasteiger partial charge < -0.3 is 10.1 Å². The fourth-order valence-electron chi connectivity index (χ4n) is 2.79. The van der Waals surface area contributed by atoms with Crippen LogP contribution in [-0.4, -0.2) is 15.9 Å². The molecule has 152 valence electrons. The van der Waals surface area contributed by atoms with Gasteiger partial charge in [-0.2, -0.15) is 0 Å². The van der Waals surface area contributed by atoms with Gasteiger partial charge in [0.15, 0.2) is 0 Å². The number of hydrogen-bond acceptors (Lipinski definition) is 5. The van der Waals surface area contributed by atoms with Gasteiger partial charge in [-0.1, -0.05) is 18.1 Å². The monoisotopic (exact) mass is 425 g/mol. The highest BCUT2D eigenvalue weighted by molar-refractivity contribution is 7.09. The van der Waals surface area contributed by atoms with Crippen LogP contribution in [0.5, 0.6) is 5.75 Å². The molecule has 0 saturated carbocycles. The number of nitrogens with zero attached hydrogens (tertiary/aromatic N) is 2. The molecule has 5 nitrogen and oxygen atoms in total. The first-order valence-corrected chi connectivity index (χ1v) is 10.5. The number of amides is 1. The predicted molar refractivity (Wildman–Crippen MR) is 122 cm³/mol. The molecule has 0 unspecified atom stereocenters. The molecule has 1 N–H and O–H groups in total. The van der Waals surface area contributed by atoms with E-state index in [4.69, 9.17) is 4.74 Å². The normalized spacial score (nSPS) is 10.1. The molecule has 0 aliphatic rings. The fourth-order valence-corrected chi connectivity index (χ4v) is 3.38. The highest BCUT2D eigenvalue weighted by Crippen LogP contribution is 2.17. The number of aryl methyl sites for hydroxylation is 1. The molecule has 0 fully saturated rings. The highest BCUT2D eigenvalue weighted by Gasteiger charge is 2.07. The molecule has 2 aromatic carbocycles. The topological polar surface area (TPSA) is 64.1 Å². The molecule has 4 aromatic rings. The number of carbonyl (C=O) groups excluding carboxylic acids is 1. The molecule has 1 amide bonds. The van der Waals surface area contributed by atoms with Crippen molar-refractivity contribution in [3.8, 4) is 17.6 Å². The quantitative estimate of drug-likeness (QED) is 0.453. The lowest BCUT2D eigenvalue weighted by Crippen LogP contribution is -2.11. The zero-order chi connectivity index (χ0) is 21.5. The molecule has 0 saturated heterocycles. The summed E-state index contributed by atoms with van der Waals surface area (Å²) in [5.74, 6) is 6.57. The van der Waals surface area contributed by atoms with E-state index in [9.17, 15) is 4.79 Å². The first-order valence-electron chi connectivity index (χ1n) is 9.64. The Morgan fingerprint density at radius 2 is 1.94 bits per heavy atom. The summed E-state index contributed by atoms with van der Waals surface area (Å²) in [6, 6.07) is 20.0. The van der Waals surface area contributed by atoms with Crippen molar-refractivity contribution in [1.82, 2.24) is 9.97 Å². The molecule has 4 rings (SSSR count). The molecule has 2 aromatic heterocycles. The van der Waals surface area contributed by atoms with E-state index < -0.39 is 0 Å². The number of pyridine rings is 1. The third kappa shape index (κ3) is 5.78. The summed E-state index contributed by atoms with van der Waals surface area (Å²) in [6.45, 7) is 2.37. The second-order valence-electron chi connectivity index (χ2n) is 6.67. The number of rotatable bonds is 5. The Balaban J connectivity index is 1.37. The maximum absolute atomic E-state index is 12.6. The van der Waals surface area contributed by atoms with E-state index in [2.05, 4.69) is 27.1 Å². The van der Waals surface area contributed by atoms with E-state index >= 15 is 0 Å². The Labute approximate surface area is 184 Å². The van der Waals surface area contributed by atoms with Crippen LogP contribution in [0.4, 0.5) is 5.69 Å². The summed E-state index contributed by atoms with van der Waals surface area (Å²) in [5, 5.41) is 5.89. The molecule has 0 bridgehead atoms. The molecular weight excluding hydrogens is 406 g/mol. The van der Waals surface area contributed by atoms with Crippen molar-refractivity contribution in [2.75, 3.05) is 5.32 Å². The minimum atomic E-state index is -0.198. The SMILES string of the molecule is Cc1nc(COc2ccc(C(=O)Nc3cccc(C#Cc4ccccn4)c3)cc2)cs1. The number of anilines is 1. The highest BCUT2D eigenvalue weighted by atomic mass is 32.1. The van der Waals surface area contributed by atoms with Crippen molar-refractivity contribution in [3.05, 3.63) is 106 Å². The van der Waals surface area contributed by atoms with Crippen LogP contribution < -0.4 is 10.1 Å². The number of carbonyl (C=O) groups is 1. The third-order valence-corrected chi connectivity index (χ3v) is 5.11. The molecule has 6 heteroatoms. The molecule has 31 heavy (non-hydrogen) atoms. The zero-order valence-electron chi connectivity index (χ0n) is 16.8. The van der Waals surface area contributed by atoms with Gasteiger partial charge in [-0.05, 0) is 67.4 Å². The van der Waals surface area contributed by atoms with Crippen molar-refractivity contribution in [2.45, 2.75) is 13.5 Å². The van der Waals surface area contributed by atoms with Gasteiger partial charge in [0.25, 0.3) is 5.91 Å². The van der Waals surface area contributed by atoms with Crippen molar-refractivity contribution >= 4 is 22.9 Å². The van der Waals surface area contributed by atoms with E-state index in [1.807, 2.05) is 54.8 Å². The van der Waals surface area contributed by atoms with Crippen LogP contribution in [-0.2, 0) is 6.61 Å². The van der Waals surface area contributed by atoms with Crippen LogP contribution in [0.25, 0.3) is 0 Å². The lowest BCUT2D eigenvalue weighted by atomic mass is 10.1. The van der Waals surface area contributed by atoms with Crippen LogP contribution in [0.3, 0.4) is 0 Å². The second-order valence-corrected chi connectivity index (χ2v) is 7.73. The van der Waals surface area contributed by atoms with E-state index in [0.29, 0.717) is 29.3 Å². The molecule has 0 aliphatic heterocycles. The summed E-state index contributed by atoms with van der Waals surface area (Å²) < 4.78 is 5.73. The largest absolute Gasteiger partial charge is 0.487 e. The predicted octanol–water partition coefficient (Wildman–Crippen LogP) is 5.08. The van der Waals surface area contributed by atoms with Crippen LogP contribution in [0.1, 0.15) is 32.3 Å². The Hall–Kier alpha value is -3.95. The molecule has 0 atom stereocenters. The molecule has 2 heterocycles. The number of nitrogens with one attached hydrogen (secondary N) is 1. The van der Waals surface area contributed by atoms with Gasteiger partial charge in [-0.15, -0.1) is 11.3 Å². The number of hydrogen-bond donors (Lipinski definition) is 1. The Morgan fingerprint density at radius 1 is 1.06 bits per heavy atom. The smallest absolute Gasteiger partial charge is 0.255 e. The van der Waals surface area contributed by atoms with Gasteiger partial charge >= 0.3 is 0 Å². The first-order chi connectivity index (χ1) is 15.2. The van der Waals surface area contributed by atoms with E-state index in [1.54, 1.807) is 41.8 Å². The minimum Gasteiger partial charge on any atom is -0.487 e. The van der Waals surface area contributed by atoms with E-state index in [-0.39, 0.29) is 5.91 Å². The molecule has 0 spiro atoms. The van der Waals surface area contributed by atoms with E-state index in [1.165, 1.54) is 0 Å². The summed E-state index contributed by atoms with van der Waals surface area (Å²) in [4.78, 5) is 21.1. The lowest BCUT2D eigenvalue weighted by Gasteiger charge is -2.08. The van der Waals surface area contributed by atoms with Crippen LogP contribution in [0.15, 0.2) is 78.3 Å². The average molecular weight is 426 g/mol. The van der Waals surface area contributed by atoms with Crippen molar-refractivity contribution in [2.24, 2.45) is 0 Å². The molecular formula is C25H19N3O2S. The van der Waals surface area contributed by atoms with Gasteiger partial charge in [0.05, 0.1) is 10.7 Å². The minimum absolute atomic E-state index is 0.198. The lowest BCUT2D eigenvalue weighted by molar-refractivity contribution is 0.102. The summed E-state index contributed by atoms with van der Waals surface area (Å²) in [7, 11) is 0. The number of benzene rings is 2. The number of ether oxygens (including phenoxy) is 1. The average Bonchev–Trinajstić information content (AvgIpc) is 3.23. The third-order valence-electron chi connectivity index (χ3n) is 4.29. The van der Waals surface area contributed by atoms with Crippen LogP contribution >= 0.6 is 11.3 Å². The van der Waals surface area contributed by atoms with Gasteiger partial charge in [0, 0.05) is 28.4 Å². The van der Waals surface area contributed by atoms with Gasteiger partial charge in [-0.3, -0.25) is 4.79 Å². The van der Waals surface area contributed by atoms with Crippen molar-refractivity contribution in [1.29, 1.82) is 0 Å². The Bertz CT molecular complexity index is 1240. The zero-order valence-corrected chi connectivity index (χ0v) is 17.6. The second kappa shape index (κ2) is 9.70. The molecule has 0 radical (unpaired) electrons. The van der Waals surface area contributed by atoms with Crippen molar-refractivity contribution in [3.63, 3.8) is 0 Å². The summed E-state index contributed by atoms with van der Waals surface area (Å²) in [5.41, 5.74) is 3.61. The molecule has 0 aliphatic carbocycles. The van der Waals surface area contributed by atoms with Crippen LogP contribution in [0.2, 0.25) is 0 Å². The number of thiazole rings is 1. The Kier molecular flexibility index (Phi) is 6.36. The van der Waals surface area contributed by atoms with Crippen molar-refractivity contribution < 1.29 is 9.53 Å². The van der Waals surface area contributed by atoms with Gasteiger partial charge in [-0.25, -0.2) is 9.97 Å². The first kappa shape index (κ1) is 20.3. The van der Waals surface area contributed by atoms with Gasteiger partial charge in [0.2, 0.25) is 0 Å². The van der Waals surface area contributed by atoms with E-state index in [0.717, 1.165) is 16.3 Å². The standard InChI is InChI=1S/C25H19N3O2S/c1-18-27-23(17-31-18)16-30-24-12-9-20(10-13-24)25(29)28-22-7-4-5-19(15-22)8-11-21-6-2-3-14-26-21/h2-7,9-10,12-15,17H,16H2,1H3,(H,28,29). The summed E-state index contributed by atoms with van der Waals surface area (Å²) >= 11 is 1.59. The summed E-state index contributed by atoms with van der Waals surface area (Å²) in [6.07, 6.45) is 1.71. The maximum atomic E-state index is 12.6. The van der Waals surface area contributed by atoms with Gasteiger partial charge in [0.1, 0.15) is 18.1 Å². The fraction of sp³-hybridized carbons (Fsp3) is 0.0800. The Morgan fingerprint density at radius 3 is 2.68 bits per heavy atom. The van der Waals surface area contributed by atoms with Crippen LogP contribution in [0, 0.1) is 18.8 Å². The number of aromatic nitrogens is 2.